The van der Waals surface area contributed by atoms with E-state index in [0.29, 0.717) is 6.54 Å². The minimum atomic E-state index is -0.454. The standard InChI is InChI=1S/C14H19NO4/c1-4-15(9-13(17)19-5-2)14(18)11-8-10(3)6-7-12(11)16/h6-8,16H,4-5,9H2,1-3H3. The molecule has 0 spiro atoms. The molecule has 1 rings (SSSR count). The average Bonchev–Trinajstić information content (AvgIpc) is 2.38. The first-order chi connectivity index (χ1) is 8.99. The molecule has 0 bridgehead atoms. The van der Waals surface area contributed by atoms with Gasteiger partial charge in [-0.15, -0.1) is 0 Å². The largest absolute Gasteiger partial charge is 0.507 e. The quantitative estimate of drug-likeness (QED) is 0.823. The summed E-state index contributed by atoms with van der Waals surface area (Å²) in [6.07, 6.45) is 0. The number of likely N-dealkylation sites (N-methyl/N-ethyl adjacent to an activating group) is 1. The van der Waals surface area contributed by atoms with Crippen LogP contribution in [-0.4, -0.2) is 41.6 Å². The molecule has 5 nitrogen and oxygen atoms in total. The van der Waals surface area contributed by atoms with E-state index in [-0.39, 0.29) is 30.4 Å². The lowest BCUT2D eigenvalue weighted by molar-refractivity contribution is -0.143. The van der Waals surface area contributed by atoms with Gasteiger partial charge in [-0.25, -0.2) is 0 Å². The summed E-state index contributed by atoms with van der Waals surface area (Å²) in [5.74, 6) is -0.917. The van der Waals surface area contributed by atoms with Crippen molar-refractivity contribution in [1.29, 1.82) is 0 Å². The molecular weight excluding hydrogens is 246 g/mol. The number of phenols is 1. The summed E-state index contributed by atoms with van der Waals surface area (Å²) < 4.78 is 4.82. The highest BCUT2D eigenvalue weighted by molar-refractivity contribution is 5.98. The zero-order chi connectivity index (χ0) is 14.4. The molecule has 0 unspecified atom stereocenters. The summed E-state index contributed by atoms with van der Waals surface area (Å²) in [7, 11) is 0. The van der Waals surface area contributed by atoms with E-state index in [2.05, 4.69) is 0 Å². The molecule has 104 valence electrons. The third-order valence-corrected chi connectivity index (χ3v) is 2.68. The molecular formula is C14H19NO4. The van der Waals surface area contributed by atoms with E-state index in [9.17, 15) is 14.7 Å². The van der Waals surface area contributed by atoms with Crippen LogP contribution in [0.3, 0.4) is 0 Å². The van der Waals surface area contributed by atoms with Crippen LogP contribution < -0.4 is 0 Å². The van der Waals surface area contributed by atoms with Crippen LogP contribution in [0.4, 0.5) is 0 Å². The Morgan fingerprint density at radius 2 is 2.00 bits per heavy atom. The van der Waals surface area contributed by atoms with Crippen molar-refractivity contribution in [3.63, 3.8) is 0 Å². The van der Waals surface area contributed by atoms with E-state index in [0.717, 1.165) is 5.56 Å². The van der Waals surface area contributed by atoms with Crippen molar-refractivity contribution in [3.05, 3.63) is 29.3 Å². The summed E-state index contributed by atoms with van der Waals surface area (Å²) in [5, 5.41) is 9.72. The van der Waals surface area contributed by atoms with E-state index >= 15 is 0 Å². The normalized spacial score (nSPS) is 10.1. The number of hydrogen-bond donors (Lipinski definition) is 1. The van der Waals surface area contributed by atoms with Crippen LogP contribution in [0.2, 0.25) is 0 Å². The summed E-state index contributed by atoms with van der Waals surface area (Å²) in [6.45, 7) is 5.84. The van der Waals surface area contributed by atoms with Crippen molar-refractivity contribution < 1.29 is 19.4 Å². The van der Waals surface area contributed by atoms with Gasteiger partial charge >= 0.3 is 5.97 Å². The first kappa shape index (κ1) is 15.0. The zero-order valence-electron chi connectivity index (χ0n) is 11.5. The number of amides is 1. The van der Waals surface area contributed by atoms with Gasteiger partial charge in [-0.2, -0.15) is 0 Å². The van der Waals surface area contributed by atoms with Gasteiger partial charge in [0, 0.05) is 6.54 Å². The van der Waals surface area contributed by atoms with Crippen molar-refractivity contribution >= 4 is 11.9 Å². The van der Waals surface area contributed by atoms with Crippen LogP contribution >= 0.6 is 0 Å². The number of hydrogen-bond acceptors (Lipinski definition) is 4. The molecule has 5 heteroatoms. The van der Waals surface area contributed by atoms with Crippen LogP contribution in [0.25, 0.3) is 0 Å². The summed E-state index contributed by atoms with van der Waals surface area (Å²) in [5.41, 5.74) is 1.07. The molecule has 1 aromatic rings. The number of carbonyl (C=O) groups is 2. The highest BCUT2D eigenvalue weighted by Crippen LogP contribution is 2.20. The molecule has 1 amide bonds. The molecule has 0 aliphatic heterocycles. The molecule has 1 N–H and O–H groups in total. The Morgan fingerprint density at radius 3 is 2.58 bits per heavy atom. The van der Waals surface area contributed by atoms with Crippen LogP contribution in [0.1, 0.15) is 29.8 Å². The number of benzene rings is 1. The molecule has 0 atom stereocenters. The number of aryl methyl sites for hydroxylation is 1. The SMILES string of the molecule is CCOC(=O)CN(CC)C(=O)c1cc(C)ccc1O. The van der Waals surface area contributed by atoms with Gasteiger partial charge in [-0.3, -0.25) is 9.59 Å². The fraction of sp³-hybridized carbons (Fsp3) is 0.429. The predicted octanol–water partition coefficient (Wildman–Crippen LogP) is 1.73. The fourth-order valence-corrected chi connectivity index (χ4v) is 1.68. The maximum Gasteiger partial charge on any atom is 0.325 e. The summed E-state index contributed by atoms with van der Waals surface area (Å²) in [6, 6.07) is 4.79. The van der Waals surface area contributed by atoms with Gasteiger partial charge in [0.1, 0.15) is 12.3 Å². The number of phenolic OH excluding ortho intramolecular Hbond substituents is 1. The lowest BCUT2D eigenvalue weighted by Gasteiger charge is -2.20. The number of esters is 1. The Labute approximate surface area is 112 Å². The van der Waals surface area contributed by atoms with Crippen LogP contribution in [0, 0.1) is 6.92 Å². The van der Waals surface area contributed by atoms with Gasteiger partial charge < -0.3 is 14.7 Å². The molecule has 0 fully saturated rings. The fourth-order valence-electron chi connectivity index (χ4n) is 1.68. The third kappa shape index (κ3) is 3.98. The maximum absolute atomic E-state index is 12.2. The maximum atomic E-state index is 12.2. The molecule has 0 aromatic heterocycles. The van der Waals surface area contributed by atoms with Crippen LogP contribution in [-0.2, 0) is 9.53 Å². The van der Waals surface area contributed by atoms with Gasteiger partial charge in [0.25, 0.3) is 5.91 Å². The van der Waals surface area contributed by atoms with Crippen molar-refractivity contribution in [2.45, 2.75) is 20.8 Å². The lowest BCUT2D eigenvalue weighted by atomic mass is 10.1. The van der Waals surface area contributed by atoms with Crippen molar-refractivity contribution in [2.75, 3.05) is 19.7 Å². The van der Waals surface area contributed by atoms with E-state index in [1.807, 2.05) is 6.92 Å². The van der Waals surface area contributed by atoms with E-state index in [1.165, 1.54) is 11.0 Å². The second kappa shape index (κ2) is 6.78. The number of rotatable bonds is 5. The van der Waals surface area contributed by atoms with E-state index in [1.54, 1.807) is 26.0 Å². The van der Waals surface area contributed by atoms with E-state index in [4.69, 9.17) is 4.74 Å². The molecule has 0 saturated carbocycles. The molecule has 1 aromatic carbocycles. The van der Waals surface area contributed by atoms with Crippen LogP contribution in [0.15, 0.2) is 18.2 Å². The van der Waals surface area contributed by atoms with Gasteiger partial charge in [-0.1, -0.05) is 11.6 Å². The Bertz CT molecular complexity index is 471. The Hall–Kier alpha value is -2.04. The first-order valence-corrected chi connectivity index (χ1v) is 6.24. The van der Waals surface area contributed by atoms with Crippen LogP contribution in [0.5, 0.6) is 5.75 Å². The molecule has 0 radical (unpaired) electrons. The molecule has 19 heavy (non-hydrogen) atoms. The smallest absolute Gasteiger partial charge is 0.325 e. The minimum absolute atomic E-state index is 0.0853. The zero-order valence-corrected chi connectivity index (χ0v) is 11.5. The summed E-state index contributed by atoms with van der Waals surface area (Å²) >= 11 is 0. The summed E-state index contributed by atoms with van der Waals surface area (Å²) in [4.78, 5) is 25.0. The van der Waals surface area contributed by atoms with Gasteiger partial charge in [0.15, 0.2) is 0 Å². The Kier molecular flexibility index (Phi) is 5.36. The average molecular weight is 265 g/mol. The Morgan fingerprint density at radius 1 is 1.32 bits per heavy atom. The second-order valence-electron chi connectivity index (χ2n) is 4.14. The van der Waals surface area contributed by atoms with Gasteiger partial charge in [-0.05, 0) is 32.9 Å². The molecule has 0 heterocycles. The highest BCUT2D eigenvalue weighted by atomic mass is 16.5. The minimum Gasteiger partial charge on any atom is -0.507 e. The lowest BCUT2D eigenvalue weighted by Crippen LogP contribution is -2.36. The van der Waals surface area contributed by atoms with Gasteiger partial charge in [0.2, 0.25) is 0 Å². The van der Waals surface area contributed by atoms with E-state index < -0.39 is 5.97 Å². The Balaban J connectivity index is 2.89. The monoisotopic (exact) mass is 265 g/mol. The topological polar surface area (TPSA) is 66.8 Å². The predicted molar refractivity (Wildman–Crippen MR) is 71.1 cm³/mol. The highest BCUT2D eigenvalue weighted by Gasteiger charge is 2.20. The number of carbonyl (C=O) groups excluding carboxylic acids is 2. The van der Waals surface area contributed by atoms with Gasteiger partial charge in [0.05, 0.1) is 12.2 Å². The number of nitrogens with zero attached hydrogens (tertiary/aromatic N) is 1. The number of aromatic hydroxyl groups is 1. The second-order valence-corrected chi connectivity index (χ2v) is 4.14. The molecule has 0 aliphatic rings. The third-order valence-electron chi connectivity index (χ3n) is 2.68. The van der Waals surface area contributed by atoms with Crippen molar-refractivity contribution in [3.8, 4) is 5.75 Å². The number of ether oxygens (including phenoxy) is 1. The van der Waals surface area contributed by atoms with Crippen molar-refractivity contribution in [2.24, 2.45) is 0 Å². The first-order valence-electron chi connectivity index (χ1n) is 6.24. The molecule has 0 saturated heterocycles. The van der Waals surface area contributed by atoms with Crippen molar-refractivity contribution in [1.82, 2.24) is 4.90 Å². The molecule has 0 aliphatic carbocycles.